The molecule has 0 aliphatic heterocycles. The van der Waals surface area contributed by atoms with Crippen molar-refractivity contribution < 1.29 is 4.79 Å². The van der Waals surface area contributed by atoms with Crippen LogP contribution in [-0.4, -0.2) is 10.2 Å². The smallest absolute Gasteiger partial charge is 0.269 e. The normalized spacial score (nSPS) is 8.92. The lowest BCUT2D eigenvalue weighted by Gasteiger charge is -2.10. The van der Waals surface area contributed by atoms with Gasteiger partial charge in [0.2, 0.25) is 0 Å². The molecular weight excluding hydrogens is 204 g/mol. The van der Waals surface area contributed by atoms with Crippen LogP contribution in [0.1, 0.15) is 10.4 Å². The first kappa shape index (κ1) is 9.88. The second kappa shape index (κ2) is 4.74. The fourth-order valence-corrected chi connectivity index (χ4v) is 0.872. The van der Waals surface area contributed by atoms with Crippen molar-refractivity contribution in [3.8, 4) is 0 Å². The molecule has 0 aliphatic rings. The van der Waals surface area contributed by atoms with Gasteiger partial charge in [0.05, 0.1) is 0 Å². The second-order valence-corrected chi connectivity index (χ2v) is 3.31. The van der Waals surface area contributed by atoms with Crippen LogP contribution in [0.3, 0.4) is 0 Å². The van der Waals surface area contributed by atoms with Crippen LogP contribution in [0, 0.1) is 0 Å². The zero-order valence-electron chi connectivity index (χ0n) is 6.61. The summed E-state index contributed by atoms with van der Waals surface area (Å²) in [6.45, 7) is 0. The summed E-state index contributed by atoms with van der Waals surface area (Å²) in [7, 11) is 0. The number of benzene rings is 1. The molecule has 0 heterocycles. The molecule has 0 saturated heterocycles. The van der Waals surface area contributed by atoms with Gasteiger partial charge in [-0.25, -0.2) is 0 Å². The third-order valence-electron chi connectivity index (χ3n) is 1.31. The van der Waals surface area contributed by atoms with E-state index in [-0.39, 0.29) is 10.2 Å². The average Bonchev–Trinajstić information content (AvgIpc) is 2.15. The maximum atomic E-state index is 11.3. The summed E-state index contributed by atoms with van der Waals surface area (Å²) in [5.41, 5.74) is 5.31. The standard InChI is InChI=1S/C8H8N2OS2/c11-7(9-10-8(12)13)6-4-2-1-3-5-6/h1-5H,(H,9,11)(H2,10,12,13)/p-1. The maximum absolute atomic E-state index is 11.3. The summed E-state index contributed by atoms with van der Waals surface area (Å²) in [5.74, 6) is -0.257. The van der Waals surface area contributed by atoms with Gasteiger partial charge >= 0.3 is 0 Å². The summed E-state index contributed by atoms with van der Waals surface area (Å²) >= 11 is 9.11. The summed E-state index contributed by atoms with van der Waals surface area (Å²) in [6.07, 6.45) is 0. The molecule has 68 valence electrons. The van der Waals surface area contributed by atoms with Crippen LogP contribution in [0.25, 0.3) is 0 Å². The molecule has 0 spiro atoms. The van der Waals surface area contributed by atoms with Crippen LogP contribution in [-0.2, 0) is 12.6 Å². The van der Waals surface area contributed by atoms with E-state index in [1.165, 1.54) is 0 Å². The van der Waals surface area contributed by atoms with E-state index in [0.717, 1.165) is 0 Å². The van der Waals surface area contributed by atoms with Gasteiger partial charge in [-0.3, -0.25) is 10.2 Å². The third kappa shape index (κ3) is 3.35. The monoisotopic (exact) mass is 211 g/mol. The molecule has 0 saturated carbocycles. The molecule has 0 unspecified atom stereocenters. The van der Waals surface area contributed by atoms with Crippen LogP contribution in [0.15, 0.2) is 30.3 Å². The number of carbonyl (C=O) groups is 1. The van der Waals surface area contributed by atoms with Gasteiger partial charge in [-0.2, -0.15) is 0 Å². The van der Waals surface area contributed by atoms with Gasteiger partial charge in [0, 0.05) is 5.56 Å². The summed E-state index contributed by atoms with van der Waals surface area (Å²) in [6, 6.07) is 8.79. The van der Waals surface area contributed by atoms with Crippen LogP contribution in [0.5, 0.6) is 0 Å². The minimum absolute atomic E-state index is 0.115. The Labute approximate surface area is 86.9 Å². The highest BCUT2D eigenvalue weighted by atomic mass is 32.1. The predicted molar refractivity (Wildman–Crippen MR) is 57.0 cm³/mol. The molecule has 2 N–H and O–H groups in total. The molecule has 0 atom stereocenters. The van der Waals surface area contributed by atoms with E-state index >= 15 is 0 Å². The summed E-state index contributed by atoms with van der Waals surface area (Å²) < 4.78 is 0.115. The Morgan fingerprint density at radius 1 is 1.23 bits per heavy atom. The van der Waals surface area contributed by atoms with Crippen LogP contribution in [0.4, 0.5) is 0 Å². The predicted octanol–water partition coefficient (Wildman–Crippen LogP) is 0.753. The number of hydrogen-bond donors (Lipinski definition) is 2. The van der Waals surface area contributed by atoms with E-state index in [9.17, 15) is 4.79 Å². The number of nitrogens with one attached hydrogen (secondary N) is 2. The van der Waals surface area contributed by atoms with Crippen molar-refractivity contribution >= 4 is 35.1 Å². The van der Waals surface area contributed by atoms with E-state index in [1.807, 2.05) is 6.07 Å². The molecule has 1 aromatic carbocycles. The minimum Gasteiger partial charge on any atom is -0.410 e. The molecule has 5 heteroatoms. The first-order chi connectivity index (χ1) is 6.20. The Morgan fingerprint density at radius 3 is 2.38 bits per heavy atom. The molecule has 0 radical (unpaired) electrons. The van der Waals surface area contributed by atoms with Crippen molar-refractivity contribution in [2.75, 3.05) is 0 Å². The number of hydrogen-bond acceptors (Lipinski definition) is 3. The second-order valence-electron chi connectivity index (χ2n) is 2.23. The lowest BCUT2D eigenvalue weighted by atomic mass is 10.2. The van der Waals surface area contributed by atoms with Gasteiger partial charge in [-0.1, -0.05) is 18.2 Å². The lowest BCUT2D eigenvalue weighted by Crippen LogP contribution is -2.39. The fraction of sp³-hybridized carbons (Fsp3) is 0. The molecule has 0 aromatic heterocycles. The Hall–Kier alpha value is -1.20. The highest BCUT2D eigenvalue weighted by Gasteiger charge is 2.00. The zero-order valence-corrected chi connectivity index (χ0v) is 8.24. The molecule has 0 fully saturated rings. The Bertz CT molecular complexity index is 313. The Balaban J connectivity index is 2.54. The average molecular weight is 211 g/mol. The number of amides is 1. The lowest BCUT2D eigenvalue weighted by molar-refractivity contribution is 0.0944. The summed E-state index contributed by atoms with van der Waals surface area (Å²) in [4.78, 5) is 11.3. The van der Waals surface area contributed by atoms with Gasteiger partial charge in [0.15, 0.2) is 0 Å². The maximum Gasteiger partial charge on any atom is 0.269 e. The number of hydrazine groups is 1. The van der Waals surface area contributed by atoms with Gasteiger partial charge in [0.1, 0.15) is 0 Å². The zero-order chi connectivity index (χ0) is 9.68. The van der Waals surface area contributed by atoms with Crippen LogP contribution in [0.2, 0.25) is 0 Å². The van der Waals surface area contributed by atoms with E-state index in [1.54, 1.807) is 24.3 Å². The van der Waals surface area contributed by atoms with Gasteiger partial charge in [0.25, 0.3) is 5.91 Å². The molecule has 1 amide bonds. The van der Waals surface area contributed by atoms with E-state index in [2.05, 4.69) is 35.7 Å². The van der Waals surface area contributed by atoms with Crippen molar-refractivity contribution in [2.45, 2.75) is 0 Å². The van der Waals surface area contributed by atoms with E-state index in [4.69, 9.17) is 0 Å². The van der Waals surface area contributed by atoms with E-state index < -0.39 is 0 Å². The molecule has 13 heavy (non-hydrogen) atoms. The molecule has 1 rings (SSSR count). The SMILES string of the molecule is O=C(NNC(=S)[S-])c1ccccc1. The molecular formula is C8H7N2OS2-. The number of rotatable bonds is 1. The van der Waals surface area contributed by atoms with Crippen molar-refractivity contribution in [3.05, 3.63) is 35.9 Å². The highest BCUT2D eigenvalue weighted by molar-refractivity contribution is 8.00. The number of carbonyl (C=O) groups excluding carboxylic acids is 1. The first-order valence-corrected chi connectivity index (χ1v) is 4.34. The van der Waals surface area contributed by atoms with Crippen molar-refractivity contribution in [3.63, 3.8) is 0 Å². The fourth-order valence-electron chi connectivity index (χ4n) is 0.769. The van der Waals surface area contributed by atoms with Gasteiger partial charge < -0.3 is 30.3 Å². The van der Waals surface area contributed by atoms with Crippen molar-refractivity contribution in [2.24, 2.45) is 0 Å². The highest BCUT2D eigenvalue weighted by Crippen LogP contribution is 1.96. The van der Waals surface area contributed by atoms with Crippen molar-refractivity contribution in [1.29, 1.82) is 0 Å². The quantitative estimate of drug-likeness (QED) is 0.409. The van der Waals surface area contributed by atoms with Crippen LogP contribution < -0.4 is 10.9 Å². The number of thiocarbonyl (C=S) groups is 1. The Morgan fingerprint density at radius 2 is 1.85 bits per heavy atom. The molecule has 0 aliphatic carbocycles. The van der Waals surface area contributed by atoms with Gasteiger partial charge in [-0.15, -0.1) is 0 Å². The van der Waals surface area contributed by atoms with Gasteiger partial charge in [-0.05, 0) is 16.5 Å². The summed E-state index contributed by atoms with van der Waals surface area (Å²) in [5, 5.41) is 0. The van der Waals surface area contributed by atoms with Crippen LogP contribution >= 0.6 is 12.2 Å². The van der Waals surface area contributed by atoms with E-state index in [0.29, 0.717) is 5.56 Å². The molecule has 1 aromatic rings. The van der Waals surface area contributed by atoms with Crippen molar-refractivity contribution in [1.82, 2.24) is 10.9 Å². The Kier molecular flexibility index (Phi) is 3.60. The topological polar surface area (TPSA) is 41.1 Å². The first-order valence-electron chi connectivity index (χ1n) is 3.52. The molecule has 3 nitrogen and oxygen atoms in total. The molecule has 0 bridgehead atoms. The third-order valence-corrected chi connectivity index (χ3v) is 1.52. The largest absolute Gasteiger partial charge is 0.410 e. The minimum atomic E-state index is -0.257.